The number of hydrogen-bond acceptors (Lipinski definition) is 7. The van der Waals surface area contributed by atoms with Crippen molar-refractivity contribution in [3.05, 3.63) is 88.5 Å². The molecule has 2 N–H and O–H groups in total. The van der Waals surface area contributed by atoms with Crippen molar-refractivity contribution in [3.8, 4) is 11.5 Å². The molecule has 0 aliphatic carbocycles. The van der Waals surface area contributed by atoms with Crippen LogP contribution < -0.4 is 10.1 Å². The zero-order valence-corrected chi connectivity index (χ0v) is 19.0. The summed E-state index contributed by atoms with van der Waals surface area (Å²) in [5.41, 5.74) is 1.30. The normalized spacial score (nSPS) is 12.3. The van der Waals surface area contributed by atoms with Crippen molar-refractivity contribution in [2.75, 3.05) is 26.1 Å². The van der Waals surface area contributed by atoms with Gasteiger partial charge in [-0.1, -0.05) is 18.2 Å². The molecular weight excluding hydrogens is 452 g/mol. The standard InChI is InChI=1S/C26H22N2O7/c1-34-17-9-6-15(7-10-17)12-13-28-24(31)18-11-8-16(14-20(18)25(28)32)23(30)27-21-5-3-4-19(22(21)29)26(33)35-2/h3-11,14,29H,12-13H2,1-2H3,(H,27,30). The molecule has 0 atom stereocenters. The lowest BCUT2D eigenvalue weighted by Crippen LogP contribution is -2.31. The summed E-state index contributed by atoms with van der Waals surface area (Å²) < 4.78 is 9.74. The fourth-order valence-corrected chi connectivity index (χ4v) is 3.78. The van der Waals surface area contributed by atoms with Gasteiger partial charge in [-0.05, 0) is 54.4 Å². The van der Waals surface area contributed by atoms with E-state index in [9.17, 15) is 24.3 Å². The van der Waals surface area contributed by atoms with Gasteiger partial charge in [0.1, 0.15) is 11.3 Å². The first-order chi connectivity index (χ1) is 16.8. The van der Waals surface area contributed by atoms with Gasteiger partial charge in [0.2, 0.25) is 0 Å². The number of methoxy groups -OCH3 is 2. The molecule has 0 bridgehead atoms. The van der Waals surface area contributed by atoms with Gasteiger partial charge in [-0.3, -0.25) is 19.3 Å². The number of nitrogens with one attached hydrogen (secondary N) is 1. The smallest absolute Gasteiger partial charge is 0.341 e. The van der Waals surface area contributed by atoms with Crippen LogP contribution in [-0.4, -0.2) is 54.5 Å². The zero-order valence-electron chi connectivity index (χ0n) is 19.0. The topological polar surface area (TPSA) is 122 Å². The monoisotopic (exact) mass is 474 g/mol. The van der Waals surface area contributed by atoms with Crippen LogP contribution in [0, 0.1) is 0 Å². The number of ether oxygens (including phenoxy) is 2. The second-order valence-corrected chi connectivity index (χ2v) is 7.77. The van der Waals surface area contributed by atoms with Crippen LogP contribution in [0.25, 0.3) is 0 Å². The van der Waals surface area contributed by atoms with Crippen LogP contribution in [0.5, 0.6) is 11.5 Å². The van der Waals surface area contributed by atoms with E-state index in [1.807, 2.05) is 12.1 Å². The Kier molecular flexibility index (Phi) is 6.50. The van der Waals surface area contributed by atoms with Crippen LogP contribution in [-0.2, 0) is 11.2 Å². The molecule has 3 amide bonds. The summed E-state index contributed by atoms with van der Waals surface area (Å²) in [5, 5.41) is 12.8. The molecule has 9 heteroatoms. The number of amides is 3. The van der Waals surface area contributed by atoms with Crippen molar-refractivity contribution in [1.29, 1.82) is 0 Å². The predicted octanol–water partition coefficient (Wildman–Crippen LogP) is 3.28. The minimum Gasteiger partial charge on any atom is -0.505 e. The second kappa shape index (κ2) is 9.68. The Labute approximate surface area is 200 Å². The number of para-hydroxylation sites is 1. The fourth-order valence-electron chi connectivity index (χ4n) is 3.78. The maximum atomic E-state index is 12.9. The Morgan fingerprint density at radius 2 is 1.66 bits per heavy atom. The molecule has 0 saturated heterocycles. The van der Waals surface area contributed by atoms with E-state index in [-0.39, 0.29) is 34.5 Å². The Hall–Kier alpha value is -4.66. The number of anilines is 1. The van der Waals surface area contributed by atoms with Crippen molar-refractivity contribution in [2.45, 2.75) is 6.42 Å². The number of phenolic OH excluding ortho intramolecular Hbond substituents is 1. The first-order valence-electron chi connectivity index (χ1n) is 10.7. The van der Waals surface area contributed by atoms with Gasteiger partial charge in [0.15, 0.2) is 5.75 Å². The maximum absolute atomic E-state index is 12.9. The van der Waals surface area contributed by atoms with Gasteiger partial charge in [0, 0.05) is 12.1 Å². The number of hydrogen-bond donors (Lipinski definition) is 2. The van der Waals surface area contributed by atoms with Gasteiger partial charge in [0.05, 0.1) is 31.0 Å². The Balaban J connectivity index is 1.49. The van der Waals surface area contributed by atoms with Crippen molar-refractivity contribution in [2.24, 2.45) is 0 Å². The molecule has 3 aromatic carbocycles. The number of phenols is 1. The summed E-state index contributed by atoms with van der Waals surface area (Å²) in [7, 11) is 2.75. The summed E-state index contributed by atoms with van der Waals surface area (Å²) in [6, 6.07) is 15.8. The molecule has 0 unspecified atom stereocenters. The number of nitrogens with zero attached hydrogens (tertiary/aromatic N) is 1. The van der Waals surface area contributed by atoms with Gasteiger partial charge < -0.3 is 19.9 Å². The summed E-state index contributed by atoms with van der Waals surface area (Å²) in [5.74, 6) is -2.01. The Morgan fingerprint density at radius 1 is 0.943 bits per heavy atom. The van der Waals surface area contributed by atoms with Crippen LogP contribution >= 0.6 is 0 Å². The van der Waals surface area contributed by atoms with Crippen LogP contribution in [0.1, 0.15) is 47.0 Å². The molecule has 3 aromatic rings. The molecular formula is C26H22N2O7. The summed E-state index contributed by atoms with van der Waals surface area (Å²) in [4.78, 5) is 51.4. The maximum Gasteiger partial charge on any atom is 0.341 e. The zero-order chi connectivity index (χ0) is 25.1. The van der Waals surface area contributed by atoms with E-state index in [4.69, 9.17) is 4.74 Å². The molecule has 4 rings (SSSR count). The van der Waals surface area contributed by atoms with Gasteiger partial charge in [-0.25, -0.2) is 4.79 Å². The van der Waals surface area contributed by atoms with E-state index < -0.39 is 29.4 Å². The molecule has 178 valence electrons. The van der Waals surface area contributed by atoms with Crippen LogP contribution in [0.4, 0.5) is 5.69 Å². The van der Waals surface area contributed by atoms with Crippen molar-refractivity contribution in [3.63, 3.8) is 0 Å². The Bertz CT molecular complexity index is 1330. The van der Waals surface area contributed by atoms with E-state index in [0.29, 0.717) is 12.2 Å². The first-order valence-corrected chi connectivity index (χ1v) is 10.7. The lowest BCUT2D eigenvalue weighted by atomic mass is 10.0. The van der Waals surface area contributed by atoms with Gasteiger partial charge in [0.25, 0.3) is 17.7 Å². The molecule has 0 spiro atoms. The third-order valence-electron chi connectivity index (χ3n) is 5.71. The van der Waals surface area contributed by atoms with Gasteiger partial charge >= 0.3 is 5.97 Å². The average molecular weight is 474 g/mol. The van der Waals surface area contributed by atoms with E-state index in [1.165, 1.54) is 43.5 Å². The third-order valence-corrected chi connectivity index (χ3v) is 5.71. The molecule has 1 aliphatic heterocycles. The van der Waals surface area contributed by atoms with E-state index in [2.05, 4.69) is 10.1 Å². The second-order valence-electron chi connectivity index (χ2n) is 7.77. The molecule has 35 heavy (non-hydrogen) atoms. The highest BCUT2D eigenvalue weighted by atomic mass is 16.5. The molecule has 9 nitrogen and oxygen atoms in total. The van der Waals surface area contributed by atoms with E-state index in [1.54, 1.807) is 19.2 Å². The number of fused-ring (bicyclic) bond motifs is 1. The van der Waals surface area contributed by atoms with Gasteiger partial charge in [-0.2, -0.15) is 0 Å². The fraction of sp³-hybridized carbons (Fsp3) is 0.154. The van der Waals surface area contributed by atoms with Crippen LogP contribution in [0.15, 0.2) is 60.7 Å². The summed E-state index contributed by atoms with van der Waals surface area (Å²) in [6.45, 7) is 0.189. The Morgan fingerprint density at radius 3 is 2.34 bits per heavy atom. The number of carbonyl (C=O) groups excluding carboxylic acids is 4. The SMILES string of the molecule is COC(=O)c1cccc(NC(=O)c2ccc3c(c2)C(=O)N(CCc2ccc(OC)cc2)C3=O)c1O. The number of imide groups is 1. The number of aromatic hydroxyl groups is 1. The average Bonchev–Trinajstić information content (AvgIpc) is 3.12. The third kappa shape index (κ3) is 4.56. The lowest BCUT2D eigenvalue weighted by Gasteiger charge is -2.13. The highest BCUT2D eigenvalue weighted by molar-refractivity contribution is 6.22. The highest BCUT2D eigenvalue weighted by Gasteiger charge is 2.35. The largest absolute Gasteiger partial charge is 0.505 e. The quantitative estimate of drug-likeness (QED) is 0.306. The van der Waals surface area contributed by atoms with E-state index in [0.717, 1.165) is 10.5 Å². The molecule has 0 aromatic heterocycles. The van der Waals surface area contributed by atoms with Crippen molar-refractivity contribution in [1.82, 2.24) is 4.90 Å². The number of esters is 1. The number of benzene rings is 3. The molecule has 1 heterocycles. The summed E-state index contributed by atoms with van der Waals surface area (Å²) in [6.07, 6.45) is 0.471. The molecule has 1 aliphatic rings. The molecule has 0 fully saturated rings. The van der Waals surface area contributed by atoms with Crippen molar-refractivity contribution < 1.29 is 33.8 Å². The van der Waals surface area contributed by atoms with Crippen LogP contribution in [0.3, 0.4) is 0 Å². The van der Waals surface area contributed by atoms with E-state index >= 15 is 0 Å². The molecule has 0 saturated carbocycles. The number of carbonyl (C=O) groups is 4. The molecule has 0 radical (unpaired) electrons. The number of rotatable bonds is 7. The highest BCUT2D eigenvalue weighted by Crippen LogP contribution is 2.29. The minimum atomic E-state index is -0.755. The predicted molar refractivity (Wildman–Crippen MR) is 126 cm³/mol. The van der Waals surface area contributed by atoms with Crippen molar-refractivity contribution >= 4 is 29.4 Å². The van der Waals surface area contributed by atoms with Crippen LogP contribution in [0.2, 0.25) is 0 Å². The van der Waals surface area contributed by atoms with Gasteiger partial charge in [-0.15, -0.1) is 0 Å². The lowest BCUT2D eigenvalue weighted by molar-refractivity contribution is 0.0595. The summed E-state index contributed by atoms with van der Waals surface area (Å²) >= 11 is 0. The minimum absolute atomic E-state index is 0.00178. The first kappa shape index (κ1) is 23.5.